The van der Waals surface area contributed by atoms with Crippen LogP contribution in [0.4, 0.5) is 5.95 Å². The van der Waals surface area contributed by atoms with Crippen LogP contribution in [0.5, 0.6) is 0 Å². The molecule has 1 heterocycles. The molecule has 0 aliphatic rings. The number of carbonyl (C=O) groups excluding carboxylic acids is 2. The number of anilines is 1. The van der Waals surface area contributed by atoms with E-state index in [4.69, 9.17) is 9.47 Å². The Morgan fingerprint density at radius 2 is 1.87 bits per heavy atom. The van der Waals surface area contributed by atoms with Gasteiger partial charge in [-0.1, -0.05) is 0 Å². The topological polar surface area (TPSA) is 102 Å². The maximum absolute atomic E-state index is 12.0. The fraction of sp³-hybridized carbons (Fsp3) is 0.600. The molecule has 0 aromatic carbocycles. The summed E-state index contributed by atoms with van der Waals surface area (Å²) in [6.07, 6.45) is 2.58. The van der Waals surface area contributed by atoms with E-state index >= 15 is 0 Å². The van der Waals surface area contributed by atoms with Crippen molar-refractivity contribution in [2.45, 2.75) is 45.4 Å². The molecule has 1 aromatic rings. The Labute approximate surface area is 136 Å². The Balaban J connectivity index is 2.62. The summed E-state index contributed by atoms with van der Waals surface area (Å²) in [5, 5.41) is 5.37. The largest absolute Gasteiger partial charge is 0.467 e. The average Bonchev–Trinajstić information content (AvgIpc) is 2.49. The van der Waals surface area contributed by atoms with Crippen LogP contribution in [0.1, 0.15) is 27.7 Å². The number of methoxy groups -OCH3 is 1. The van der Waals surface area contributed by atoms with Crippen molar-refractivity contribution in [3.05, 3.63) is 18.5 Å². The normalized spacial score (nSPS) is 13.8. The smallest absolute Gasteiger partial charge is 0.331 e. The van der Waals surface area contributed by atoms with Gasteiger partial charge < -0.3 is 20.1 Å². The molecule has 0 saturated carbocycles. The number of esters is 1. The lowest BCUT2D eigenvalue weighted by Gasteiger charge is -2.30. The van der Waals surface area contributed by atoms with Crippen LogP contribution in [0.3, 0.4) is 0 Å². The van der Waals surface area contributed by atoms with Gasteiger partial charge in [-0.3, -0.25) is 4.79 Å². The highest BCUT2D eigenvalue weighted by Crippen LogP contribution is 2.13. The minimum Gasteiger partial charge on any atom is -0.467 e. The predicted molar refractivity (Wildman–Crippen MR) is 84.8 cm³/mol. The molecule has 0 bridgehead atoms. The quantitative estimate of drug-likeness (QED) is 0.713. The molecule has 1 rings (SSSR count). The minimum absolute atomic E-state index is 0.0697. The van der Waals surface area contributed by atoms with Crippen molar-refractivity contribution in [2.75, 3.05) is 19.0 Å². The van der Waals surface area contributed by atoms with E-state index in [2.05, 4.69) is 20.6 Å². The van der Waals surface area contributed by atoms with Gasteiger partial charge in [-0.2, -0.15) is 0 Å². The van der Waals surface area contributed by atoms with Crippen LogP contribution in [0.15, 0.2) is 18.5 Å². The summed E-state index contributed by atoms with van der Waals surface area (Å²) in [4.78, 5) is 31.8. The highest BCUT2D eigenvalue weighted by atomic mass is 16.5. The van der Waals surface area contributed by atoms with Gasteiger partial charge in [0.1, 0.15) is 0 Å². The summed E-state index contributed by atoms with van der Waals surface area (Å²) in [6.45, 7) is 7.25. The van der Waals surface area contributed by atoms with E-state index < -0.39 is 29.6 Å². The summed E-state index contributed by atoms with van der Waals surface area (Å²) in [5.41, 5.74) is -0.452. The number of nitrogens with one attached hydrogen (secondary N) is 2. The van der Waals surface area contributed by atoms with Crippen molar-refractivity contribution in [1.29, 1.82) is 0 Å². The lowest BCUT2D eigenvalue weighted by Crippen LogP contribution is -2.52. The second-order valence-corrected chi connectivity index (χ2v) is 5.93. The molecule has 0 aliphatic carbocycles. The molecule has 23 heavy (non-hydrogen) atoms. The fourth-order valence-electron chi connectivity index (χ4n) is 1.89. The third-order valence-electron chi connectivity index (χ3n) is 2.75. The van der Waals surface area contributed by atoms with Gasteiger partial charge in [0.25, 0.3) is 0 Å². The Morgan fingerprint density at radius 3 is 2.39 bits per heavy atom. The van der Waals surface area contributed by atoms with Crippen LogP contribution in [0, 0.1) is 0 Å². The Bertz CT molecular complexity index is 516. The first-order chi connectivity index (χ1) is 10.7. The molecular formula is C15H24N4O4. The zero-order valence-electron chi connectivity index (χ0n) is 14.1. The SMILES string of the molecule is COC(=O)[C@H](NC(=O)CNc1ncccn1)[C@H](C)OC(C)(C)C. The first-order valence-electron chi connectivity index (χ1n) is 7.29. The highest BCUT2D eigenvalue weighted by Gasteiger charge is 2.31. The van der Waals surface area contributed by atoms with Crippen molar-refractivity contribution < 1.29 is 19.1 Å². The molecule has 128 valence electrons. The van der Waals surface area contributed by atoms with Crippen molar-refractivity contribution in [3.8, 4) is 0 Å². The van der Waals surface area contributed by atoms with Gasteiger partial charge in [0.15, 0.2) is 6.04 Å². The Hall–Kier alpha value is -2.22. The van der Waals surface area contributed by atoms with Gasteiger partial charge in [0, 0.05) is 12.4 Å². The van der Waals surface area contributed by atoms with Crippen molar-refractivity contribution >= 4 is 17.8 Å². The number of amides is 1. The first-order valence-corrected chi connectivity index (χ1v) is 7.29. The maximum atomic E-state index is 12.0. The zero-order chi connectivity index (χ0) is 17.5. The molecule has 2 atom stereocenters. The molecule has 0 fully saturated rings. The second-order valence-electron chi connectivity index (χ2n) is 5.93. The summed E-state index contributed by atoms with van der Waals surface area (Å²) in [5.74, 6) is -0.625. The van der Waals surface area contributed by atoms with Crippen molar-refractivity contribution in [2.24, 2.45) is 0 Å². The van der Waals surface area contributed by atoms with Crippen LogP contribution < -0.4 is 10.6 Å². The summed E-state index contributed by atoms with van der Waals surface area (Å²) >= 11 is 0. The minimum atomic E-state index is -0.898. The summed E-state index contributed by atoms with van der Waals surface area (Å²) in [7, 11) is 1.27. The molecule has 0 aliphatic heterocycles. The third kappa shape index (κ3) is 7.05. The van der Waals surface area contributed by atoms with Crippen LogP contribution in [0.2, 0.25) is 0 Å². The third-order valence-corrected chi connectivity index (χ3v) is 2.75. The molecular weight excluding hydrogens is 300 g/mol. The lowest BCUT2D eigenvalue weighted by atomic mass is 10.1. The van der Waals surface area contributed by atoms with E-state index in [0.717, 1.165) is 0 Å². The number of ether oxygens (including phenoxy) is 2. The summed E-state index contributed by atoms with van der Waals surface area (Å²) in [6, 6.07) is 0.773. The van der Waals surface area contributed by atoms with E-state index in [1.165, 1.54) is 7.11 Å². The molecule has 8 heteroatoms. The van der Waals surface area contributed by atoms with Gasteiger partial charge in [-0.05, 0) is 33.8 Å². The van der Waals surface area contributed by atoms with Gasteiger partial charge in [0.2, 0.25) is 11.9 Å². The van der Waals surface area contributed by atoms with Gasteiger partial charge in [-0.25, -0.2) is 14.8 Å². The van der Waals surface area contributed by atoms with E-state index in [1.54, 1.807) is 25.4 Å². The highest BCUT2D eigenvalue weighted by molar-refractivity contribution is 5.86. The standard InChI is InChI=1S/C15H24N4O4/c1-10(23-15(2,3)4)12(13(21)22-5)19-11(20)9-18-14-16-7-6-8-17-14/h6-8,10,12H,9H2,1-5H3,(H,19,20)(H,16,17,18)/t10-,12+/m0/s1. The van der Waals surface area contributed by atoms with Crippen molar-refractivity contribution in [3.63, 3.8) is 0 Å². The first kappa shape index (κ1) is 18.8. The summed E-state index contributed by atoms with van der Waals surface area (Å²) < 4.78 is 10.5. The fourth-order valence-corrected chi connectivity index (χ4v) is 1.89. The van der Waals surface area contributed by atoms with Crippen LogP contribution in [-0.4, -0.2) is 53.2 Å². The maximum Gasteiger partial charge on any atom is 0.331 e. The van der Waals surface area contributed by atoms with Gasteiger partial charge in [0.05, 0.1) is 25.4 Å². The molecule has 8 nitrogen and oxygen atoms in total. The molecule has 0 radical (unpaired) electrons. The zero-order valence-corrected chi connectivity index (χ0v) is 14.1. The van der Waals surface area contributed by atoms with E-state index in [9.17, 15) is 9.59 Å². The van der Waals surface area contributed by atoms with E-state index in [0.29, 0.717) is 5.95 Å². The molecule has 2 N–H and O–H groups in total. The Kier molecular flexibility index (Phi) is 6.89. The monoisotopic (exact) mass is 324 g/mol. The van der Waals surface area contributed by atoms with Crippen LogP contribution in [-0.2, 0) is 19.1 Å². The molecule has 1 aromatic heterocycles. The Morgan fingerprint density at radius 1 is 1.26 bits per heavy atom. The number of rotatable bonds is 7. The number of nitrogens with zero attached hydrogens (tertiary/aromatic N) is 2. The number of hydrogen-bond donors (Lipinski definition) is 2. The number of hydrogen-bond acceptors (Lipinski definition) is 7. The second kappa shape index (κ2) is 8.42. The molecule has 1 amide bonds. The average molecular weight is 324 g/mol. The van der Waals surface area contributed by atoms with Gasteiger partial charge in [-0.15, -0.1) is 0 Å². The molecule has 0 spiro atoms. The van der Waals surface area contributed by atoms with Crippen LogP contribution >= 0.6 is 0 Å². The molecule has 0 unspecified atom stereocenters. The number of carbonyl (C=O) groups is 2. The van der Waals surface area contributed by atoms with Gasteiger partial charge >= 0.3 is 5.97 Å². The molecule has 0 saturated heterocycles. The van der Waals surface area contributed by atoms with E-state index in [-0.39, 0.29) is 6.54 Å². The lowest BCUT2D eigenvalue weighted by molar-refractivity contribution is -0.153. The van der Waals surface area contributed by atoms with Crippen molar-refractivity contribution in [1.82, 2.24) is 15.3 Å². The number of aromatic nitrogens is 2. The van der Waals surface area contributed by atoms with E-state index in [1.807, 2.05) is 20.8 Å². The van der Waals surface area contributed by atoms with Crippen LogP contribution in [0.25, 0.3) is 0 Å². The predicted octanol–water partition coefficient (Wildman–Crippen LogP) is 0.750.